The molecule has 0 bridgehead atoms. The fourth-order valence-corrected chi connectivity index (χ4v) is 9.21. The average Bonchev–Trinajstić information content (AvgIpc) is 3.34. The molecule has 0 aliphatic carbocycles. The van der Waals surface area contributed by atoms with Gasteiger partial charge in [0.25, 0.3) is 0 Å². The van der Waals surface area contributed by atoms with Crippen molar-refractivity contribution in [2.45, 2.75) is 334 Å². The minimum atomic E-state index is -0.846. The fourth-order valence-electron chi connectivity index (χ4n) is 9.21. The van der Waals surface area contributed by atoms with Crippen LogP contribution >= 0.6 is 0 Å². The highest BCUT2D eigenvalue weighted by Gasteiger charge is 2.18. The maximum Gasteiger partial charge on any atom is 0.305 e. The molecule has 6 heteroatoms. The van der Waals surface area contributed by atoms with E-state index in [9.17, 15) is 19.8 Å². The van der Waals surface area contributed by atoms with Crippen LogP contribution in [0.1, 0.15) is 322 Å². The van der Waals surface area contributed by atoms with E-state index in [0.29, 0.717) is 19.4 Å². The Morgan fingerprint density at radius 2 is 0.691 bits per heavy atom. The molecule has 0 aliphatic heterocycles. The van der Waals surface area contributed by atoms with Crippen LogP contribution < -0.4 is 5.32 Å². The zero-order chi connectivity index (χ0) is 49.3. The first kappa shape index (κ1) is 66.1. The number of ether oxygens (including phenoxy) is 1. The Kier molecular flexibility index (Phi) is 56.0. The zero-order valence-corrected chi connectivity index (χ0v) is 45.6. The van der Waals surface area contributed by atoms with Gasteiger partial charge < -0.3 is 20.3 Å². The van der Waals surface area contributed by atoms with Crippen LogP contribution in [0.15, 0.2) is 36.5 Å². The molecule has 0 heterocycles. The Bertz CT molecular complexity index is 1100. The fraction of sp³-hybridized carbons (Fsp3) is 0.871. The van der Waals surface area contributed by atoms with Crippen LogP contribution in [0.25, 0.3) is 0 Å². The molecule has 0 aromatic heterocycles. The standard InChI is InChI=1S/C62H117NO5/c1-3-5-7-9-11-13-15-16-17-29-32-36-40-44-48-52-56-62(67)68-57-53-49-45-41-37-33-30-27-25-23-21-19-18-20-22-24-26-28-31-35-39-43-47-51-55-61(66)63-59(58-64)60(65)54-50-46-42-38-34-14-12-10-8-6-4-2/h17,20,22,29,50,54,59-60,64-65H,3-16,18-19,21,23-28,30-49,51-53,55-58H2,1-2H3,(H,63,66)/b22-20-,29-17-,54-50+. The molecule has 2 unspecified atom stereocenters. The molecule has 2 atom stereocenters. The number of rotatable bonds is 56. The van der Waals surface area contributed by atoms with Crippen LogP contribution in [0, 0.1) is 0 Å². The third-order valence-electron chi connectivity index (χ3n) is 13.9. The number of aliphatic hydroxyl groups excluding tert-OH is 2. The van der Waals surface area contributed by atoms with Crippen LogP contribution in [0.3, 0.4) is 0 Å². The van der Waals surface area contributed by atoms with Gasteiger partial charge in [-0.1, -0.05) is 262 Å². The van der Waals surface area contributed by atoms with Gasteiger partial charge in [-0.25, -0.2) is 0 Å². The number of allylic oxidation sites excluding steroid dienone is 5. The van der Waals surface area contributed by atoms with Crippen molar-refractivity contribution in [1.82, 2.24) is 5.32 Å². The van der Waals surface area contributed by atoms with Crippen LogP contribution in [0.2, 0.25) is 0 Å². The number of hydrogen-bond acceptors (Lipinski definition) is 5. The summed E-state index contributed by atoms with van der Waals surface area (Å²) in [6.45, 7) is 4.89. The normalized spacial score (nSPS) is 12.8. The van der Waals surface area contributed by atoms with Gasteiger partial charge in [0, 0.05) is 12.8 Å². The van der Waals surface area contributed by atoms with Crippen molar-refractivity contribution < 1.29 is 24.5 Å². The van der Waals surface area contributed by atoms with Gasteiger partial charge in [-0.05, 0) is 83.5 Å². The molecule has 0 spiro atoms. The number of carbonyl (C=O) groups is 2. The number of hydrogen-bond donors (Lipinski definition) is 3. The predicted molar refractivity (Wildman–Crippen MR) is 296 cm³/mol. The molecule has 1 amide bonds. The summed E-state index contributed by atoms with van der Waals surface area (Å²) >= 11 is 0. The van der Waals surface area contributed by atoms with Crippen LogP contribution in [-0.4, -0.2) is 47.4 Å². The number of amides is 1. The summed E-state index contributed by atoms with van der Waals surface area (Å²) in [7, 11) is 0. The molecule has 3 N–H and O–H groups in total. The number of nitrogens with one attached hydrogen (secondary N) is 1. The monoisotopic (exact) mass is 956 g/mol. The third-order valence-corrected chi connectivity index (χ3v) is 13.9. The molecule has 68 heavy (non-hydrogen) atoms. The summed E-state index contributed by atoms with van der Waals surface area (Å²) < 4.78 is 5.48. The second-order valence-corrected chi connectivity index (χ2v) is 20.7. The van der Waals surface area contributed by atoms with E-state index >= 15 is 0 Å². The van der Waals surface area contributed by atoms with E-state index in [2.05, 4.69) is 43.5 Å². The van der Waals surface area contributed by atoms with Crippen LogP contribution in [0.4, 0.5) is 0 Å². The first-order valence-corrected chi connectivity index (χ1v) is 30.3. The molecule has 0 aliphatic rings. The molecule has 0 aromatic rings. The van der Waals surface area contributed by atoms with E-state index in [-0.39, 0.29) is 18.5 Å². The quantitative estimate of drug-likeness (QED) is 0.0321. The van der Waals surface area contributed by atoms with Gasteiger partial charge in [0.1, 0.15) is 0 Å². The smallest absolute Gasteiger partial charge is 0.305 e. The van der Waals surface area contributed by atoms with E-state index in [4.69, 9.17) is 4.74 Å². The van der Waals surface area contributed by atoms with E-state index in [1.807, 2.05) is 6.08 Å². The summed E-state index contributed by atoms with van der Waals surface area (Å²) in [4.78, 5) is 24.5. The average molecular weight is 957 g/mol. The van der Waals surface area contributed by atoms with E-state index < -0.39 is 12.1 Å². The topological polar surface area (TPSA) is 95.9 Å². The summed E-state index contributed by atoms with van der Waals surface area (Å²) in [5, 5.41) is 23.0. The van der Waals surface area contributed by atoms with Crippen molar-refractivity contribution in [3.63, 3.8) is 0 Å². The number of unbranched alkanes of at least 4 members (excludes halogenated alkanes) is 41. The molecule has 0 aromatic carbocycles. The lowest BCUT2D eigenvalue weighted by Crippen LogP contribution is -2.45. The summed E-state index contributed by atoms with van der Waals surface area (Å²) in [5.74, 6) is -0.0693. The third kappa shape index (κ3) is 53.4. The maximum absolute atomic E-state index is 12.4. The number of esters is 1. The van der Waals surface area contributed by atoms with Crippen LogP contribution in [0.5, 0.6) is 0 Å². The lowest BCUT2D eigenvalue weighted by Gasteiger charge is -2.20. The minimum Gasteiger partial charge on any atom is -0.466 e. The van der Waals surface area contributed by atoms with E-state index in [1.54, 1.807) is 6.08 Å². The SMILES string of the molecule is CCCCCCCCC/C=C\CCCCCCCC(=O)OCCCCCCCCCCCCCC/C=C\CCCCCCCCCCC(=O)NC(CO)C(O)/C=C/CCCCCCCCCCC. The van der Waals surface area contributed by atoms with Crippen molar-refractivity contribution in [1.29, 1.82) is 0 Å². The Balaban J connectivity index is 3.40. The molecular weight excluding hydrogens is 839 g/mol. The van der Waals surface area contributed by atoms with Crippen molar-refractivity contribution in [2.24, 2.45) is 0 Å². The molecule has 0 saturated heterocycles. The van der Waals surface area contributed by atoms with Gasteiger partial charge in [-0.3, -0.25) is 9.59 Å². The van der Waals surface area contributed by atoms with Gasteiger partial charge in [-0.2, -0.15) is 0 Å². The summed E-state index contributed by atoms with van der Waals surface area (Å²) in [6.07, 6.45) is 71.8. The molecule has 0 rings (SSSR count). The first-order chi connectivity index (χ1) is 33.5. The second-order valence-electron chi connectivity index (χ2n) is 20.7. The van der Waals surface area contributed by atoms with E-state index in [0.717, 1.165) is 44.9 Å². The lowest BCUT2D eigenvalue weighted by molar-refractivity contribution is -0.143. The van der Waals surface area contributed by atoms with Crippen LogP contribution in [-0.2, 0) is 14.3 Å². The number of carbonyl (C=O) groups excluding carboxylic acids is 2. The largest absolute Gasteiger partial charge is 0.466 e. The molecule has 0 radical (unpaired) electrons. The van der Waals surface area contributed by atoms with Gasteiger partial charge in [0.15, 0.2) is 0 Å². The second kappa shape index (κ2) is 57.7. The molecule has 6 nitrogen and oxygen atoms in total. The Labute approximate surface area is 424 Å². The highest BCUT2D eigenvalue weighted by molar-refractivity contribution is 5.76. The van der Waals surface area contributed by atoms with Gasteiger partial charge >= 0.3 is 5.97 Å². The van der Waals surface area contributed by atoms with E-state index in [1.165, 1.54) is 250 Å². The van der Waals surface area contributed by atoms with Crippen molar-refractivity contribution in [3.05, 3.63) is 36.5 Å². The minimum absolute atomic E-state index is 0.00444. The summed E-state index contributed by atoms with van der Waals surface area (Å²) in [5.41, 5.74) is 0. The predicted octanol–water partition coefficient (Wildman–Crippen LogP) is 18.8. The van der Waals surface area contributed by atoms with Gasteiger partial charge in [0.05, 0.1) is 25.4 Å². The highest BCUT2D eigenvalue weighted by atomic mass is 16.5. The Hall–Kier alpha value is -1.92. The van der Waals surface area contributed by atoms with Crippen molar-refractivity contribution in [2.75, 3.05) is 13.2 Å². The maximum atomic E-state index is 12.4. The first-order valence-electron chi connectivity index (χ1n) is 30.3. The highest BCUT2D eigenvalue weighted by Crippen LogP contribution is 2.16. The van der Waals surface area contributed by atoms with Crippen molar-refractivity contribution in [3.8, 4) is 0 Å². The van der Waals surface area contributed by atoms with Gasteiger partial charge in [0.2, 0.25) is 5.91 Å². The molecular formula is C62H117NO5. The zero-order valence-electron chi connectivity index (χ0n) is 45.6. The Morgan fingerprint density at radius 3 is 1.04 bits per heavy atom. The molecule has 400 valence electrons. The number of aliphatic hydroxyl groups is 2. The molecule has 0 saturated carbocycles. The van der Waals surface area contributed by atoms with Crippen molar-refractivity contribution >= 4 is 11.9 Å². The van der Waals surface area contributed by atoms with Gasteiger partial charge in [-0.15, -0.1) is 0 Å². The molecule has 0 fully saturated rings. The lowest BCUT2D eigenvalue weighted by atomic mass is 10.0. The Morgan fingerprint density at radius 1 is 0.397 bits per heavy atom. The summed E-state index contributed by atoms with van der Waals surface area (Å²) in [6, 6.07) is -0.630.